The van der Waals surface area contributed by atoms with Crippen molar-refractivity contribution >= 4 is 5.82 Å². The van der Waals surface area contributed by atoms with E-state index in [1.807, 2.05) is 6.07 Å². The highest BCUT2D eigenvalue weighted by molar-refractivity contribution is 5.68. The molecule has 3 rings (SSSR count). The molecule has 1 fully saturated rings. The second-order valence-electron chi connectivity index (χ2n) is 6.45. The Labute approximate surface area is 150 Å². The molecule has 1 heterocycles. The van der Waals surface area contributed by atoms with Gasteiger partial charge in [-0.2, -0.15) is 5.26 Å². The first kappa shape index (κ1) is 18.0. The van der Waals surface area contributed by atoms with Gasteiger partial charge in [-0.1, -0.05) is 0 Å². The number of phenols is 1. The van der Waals surface area contributed by atoms with E-state index in [4.69, 9.17) is 10.5 Å². The summed E-state index contributed by atoms with van der Waals surface area (Å²) in [7, 11) is 1.75. The maximum atomic E-state index is 14.3. The zero-order valence-electron chi connectivity index (χ0n) is 14.3. The Morgan fingerprint density at radius 1 is 1.27 bits per heavy atom. The maximum Gasteiger partial charge on any atom is 0.151 e. The van der Waals surface area contributed by atoms with Crippen LogP contribution in [0.5, 0.6) is 5.75 Å². The number of anilines is 1. The Morgan fingerprint density at radius 2 is 2.08 bits per heavy atom. The van der Waals surface area contributed by atoms with Crippen molar-refractivity contribution in [3.63, 3.8) is 0 Å². The van der Waals surface area contributed by atoms with Crippen LogP contribution in [0.3, 0.4) is 0 Å². The summed E-state index contributed by atoms with van der Waals surface area (Å²) in [6.45, 7) is 0. The number of halogens is 1. The quantitative estimate of drug-likeness (QED) is 0.722. The van der Waals surface area contributed by atoms with Gasteiger partial charge in [-0.05, 0) is 49.6 Å². The van der Waals surface area contributed by atoms with Crippen molar-refractivity contribution in [2.45, 2.75) is 37.5 Å². The van der Waals surface area contributed by atoms with Gasteiger partial charge in [0.2, 0.25) is 0 Å². The van der Waals surface area contributed by atoms with Gasteiger partial charge in [0.25, 0.3) is 0 Å². The monoisotopic (exact) mass is 357 g/mol. The average molecular weight is 357 g/mol. The second kappa shape index (κ2) is 7.64. The van der Waals surface area contributed by atoms with E-state index in [0.29, 0.717) is 41.9 Å². The molecule has 3 atom stereocenters. The van der Waals surface area contributed by atoms with Crippen LogP contribution in [0.25, 0.3) is 11.3 Å². The molecule has 3 N–H and O–H groups in total. The van der Waals surface area contributed by atoms with Crippen LogP contribution >= 0.6 is 0 Å². The first-order chi connectivity index (χ1) is 12.5. The largest absolute Gasteiger partial charge is 0.507 e. The van der Waals surface area contributed by atoms with Gasteiger partial charge in [-0.15, -0.1) is 10.2 Å². The van der Waals surface area contributed by atoms with Gasteiger partial charge >= 0.3 is 0 Å². The fourth-order valence-corrected chi connectivity index (χ4v) is 3.27. The molecule has 8 heteroatoms. The van der Waals surface area contributed by atoms with E-state index in [9.17, 15) is 9.50 Å². The molecular formula is C18H20FN5O2. The van der Waals surface area contributed by atoms with Crippen molar-refractivity contribution in [3.05, 3.63) is 35.9 Å². The number of hydrogen-bond acceptors (Lipinski definition) is 7. The third-order valence-electron chi connectivity index (χ3n) is 4.83. The van der Waals surface area contributed by atoms with E-state index in [1.54, 1.807) is 36.2 Å². The molecule has 0 saturated heterocycles. The van der Waals surface area contributed by atoms with Crippen LogP contribution in [0, 0.1) is 11.3 Å². The third kappa shape index (κ3) is 3.59. The lowest BCUT2D eigenvalue weighted by Gasteiger charge is -2.37. The van der Waals surface area contributed by atoms with Gasteiger partial charge in [-0.3, -0.25) is 0 Å². The smallest absolute Gasteiger partial charge is 0.151 e. The molecule has 0 spiro atoms. The van der Waals surface area contributed by atoms with Crippen LogP contribution in [0.4, 0.5) is 10.2 Å². The zero-order valence-corrected chi connectivity index (χ0v) is 14.3. The molecule has 26 heavy (non-hydrogen) atoms. The number of nitrogens with one attached hydrogen (secondary N) is 1. The van der Waals surface area contributed by atoms with Gasteiger partial charge in [0.1, 0.15) is 11.9 Å². The molecule has 2 aromatic rings. The number of phenolic OH excluding ortho intramolecular Hbond substituents is 1. The van der Waals surface area contributed by atoms with Gasteiger partial charge in [0.05, 0.1) is 23.4 Å². The Bertz CT molecular complexity index is 808. The highest BCUT2D eigenvalue weighted by Crippen LogP contribution is 2.30. The molecule has 0 radical (unpaired) electrons. The molecule has 1 aliphatic carbocycles. The van der Waals surface area contributed by atoms with Crippen LogP contribution in [0.1, 0.15) is 24.8 Å². The Balaban J connectivity index is 1.80. The van der Waals surface area contributed by atoms with Crippen LogP contribution in [-0.2, 0) is 0 Å². The summed E-state index contributed by atoms with van der Waals surface area (Å²) in [5.74, 6) is 0.459. The summed E-state index contributed by atoms with van der Waals surface area (Å²) < 4.78 is 14.3. The number of aromatic hydroxyl groups is 1. The van der Waals surface area contributed by atoms with E-state index in [-0.39, 0.29) is 11.8 Å². The van der Waals surface area contributed by atoms with Crippen LogP contribution in [-0.4, -0.2) is 45.8 Å². The molecule has 1 aromatic heterocycles. The molecule has 136 valence electrons. The van der Waals surface area contributed by atoms with Crippen molar-refractivity contribution in [3.8, 4) is 23.1 Å². The lowest BCUT2D eigenvalue weighted by molar-refractivity contribution is 0.0798. The predicted octanol–water partition coefficient (Wildman–Crippen LogP) is 2.40. The number of nitrogens with zero attached hydrogens (tertiary/aromatic N) is 4. The van der Waals surface area contributed by atoms with Gasteiger partial charge in [0.15, 0.2) is 5.82 Å². The fraction of sp³-hybridized carbons (Fsp3) is 0.389. The van der Waals surface area contributed by atoms with Crippen molar-refractivity contribution in [1.82, 2.24) is 15.7 Å². The highest BCUT2D eigenvalue weighted by atomic mass is 19.1. The van der Waals surface area contributed by atoms with Crippen LogP contribution in [0.15, 0.2) is 30.3 Å². The summed E-state index contributed by atoms with van der Waals surface area (Å²) in [6, 6.07) is 9.38. The first-order valence-electron chi connectivity index (χ1n) is 8.37. The zero-order chi connectivity index (χ0) is 18.7. The topological polar surface area (TPSA) is 105 Å². The van der Waals surface area contributed by atoms with E-state index < -0.39 is 12.2 Å². The number of alkyl halides is 1. The average Bonchev–Trinajstić information content (AvgIpc) is 2.68. The standard InChI is InChI=1S/C18H20FN5O2/c1-24(16-9-12(23-26)3-5-14(16)19)18-7-6-15(21-22-18)13-4-2-11(10-20)8-17(13)25/h2,4,6-8,12,14,16,23,25-26H,3,5,9H2,1H3/t12?,14?,16-/m1/s1. The van der Waals surface area contributed by atoms with E-state index >= 15 is 0 Å². The summed E-state index contributed by atoms with van der Waals surface area (Å²) in [5, 5.41) is 36.3. The highest BCUT2D eigenvalue weighted by Gasteiger charge is 2.33. The SMILES string of the molecule is CN(c1ccc(-c2ccc(C#N)cc2O)nn1)[C@@H]1CC(NO)CCC1F. The molecule has 2 unspecified atom stereocenters. The predicted molar refractivity (Wildman–Crippen MR) is 93.5 cm³/mol. The maximum absolute atomic E-state index is 14.3. The molecule has 0 aliphatic heterocycles. The minimum atomic E-state index is -1.01. The molecule has 0 bridgehead atoms. The van der Waals surface area contributed by atoms with E-state index in [1.165, 1.54) is 6.07 Å². The van der Waals surface area contributed by atoms with Gasteiger partial charge in [0, 0.05) is 18.7 Å². The number of hydroxylamine groups is 1. The van der Waals surface area contributed by atoms with E-state index in [0.717, 1.165) is 0 Å². The number of nitriles is 1. The van der Waals surface area contributed by atoms with Crippen molar-refractivity contribution in [2.75, 3.05) is 11.9 Å². The Morgan fingerprint density at radius 3 is 2.69 bits per heavy atom. The molecule has 1 aliphatic rings. The third-order valence-corrected chi connectivity index (χ3v) is 4.83. The minimum absolute atomic E-state index is 0.0487. The minimum Gasteiger partial charge on any atom is -0.507 e. The lowest BCUT2D eigenvalue weighted by atomic mass is 9.89. The molecule has 0 amide bonds. The Kier molecular flexibility index (Phi) is 5.30. The molecule has 7 nitrogen and oxygen atoms in total. The summed E-state index contributed by atoms with van der Waals surface area (Å²) in [6.07, 6.45) is 0.421. The van der Waals surface area contributed by atoms with Crippen LogP contribution in [0.2, 0.25) is 0 Å². The lowest BCUT2D eigenvalue weighted by Crippen LogP contribution is -2.48. The van der Waals surface area contributed by atoms with Crippen molar-refractivity contribution in [1.29, 1.82) is 5.26 Å². The summed E-state index contributed by atoms with van der Waals surface area (Å²) >= 11 is 0. The molecule has 1 aromatic carbocycles. The molecular weight excluding hydrogens is 337 g/mol. The summed E-state index contributed by atoms with van der Waals surface area (Å²) in [5.41, 5.74) is 3.51. The van der Waals surface area contributed by atoms with E-state index in [2.05, 4.69) is 15.7 Å². The van der Waals surface area contributed by atoms with Crippen molar-refractivity contribution < 1.29 is 14.7 Å². The number of aromatic nitrogens is 2. The normalized spacial score (nSPS) is 22.6. The first-order valence-corrected chi connectivity index (χ1v) is 8.37. The summed E-state index contributed by atoms with van der Waals surface area (Å²) in [4.78, 5) is 1.73. The number of rotatable bonds is 4. The second-order valence-corrected chi connectivity index (χ2v) is 6.45. The van der Waals surface area contributed by atoms with Crippen molar-refractivity contribution in [2.24, 2.45) is 0 Å². The number of hydrogen-bond donors (Lipinski definition) is 3. The van der Waals surface area contributed by atoms with Gasteiger partial charge < -0.3 is 15.2 Å². The van der Waals surface area contributed by atoms with Crippen LogP contribution < -0.4 is 10.4 Å². The molecule has 1 saturated carbocycles. The van der Waals surface area contributed by atoms with Gasteiger partial charge in [-0.25, -0.2) is 9.87 Å². The Hall–Kier alpha value is -2.76. The number of benzene rings is 1. The fourth-order valence-electron chi connectivity index (χ4n) is 3.27.